The largest absolute Gasteiger partial charge is 0.480 e. The van der Waals surface area contributed by atoms with Gasteiger partial charge in [0, 0.05) is 12.3 Å². The first-order valence-electron chi connectivity index (χ1n) is 8.75. The van der Waals surface area contributed by atoms with E-state index in [-0.39, 0.29) is 17.6 Å². The summed E-state index contributed by atoms with van der Waals surface area (Å²) in [6.45, 7) is 3.25. The standard InChI is InChI=1S/C16H28N4O6S/c1-8(2)12(17)15(24)20-5-3-4-11(20)14(23)19-10(7-27)13(22)18-9(6-21)16(25)26/h8-12,21,27H,3-7,17H2,1-2H3,(H,18,22)(H,19,23)(H,25,26). The summed E-state index contributed by atoms with van der Waals surface area (Å²) >= 11 is 4.01. The summed E-state index contributed by atoms with van der Waals surface area (Å²) in [7, 11) is 0. The number of nitrogens with two attached hydrogens (primary N) is 1. The maximum absolute atomic E-state index is 12.6. The highest BCUT2D eigenvalue weighted by molar-refractivity contribution is 7.80. The summed E-state index contributed by atoms with van der Waals surface area (Å²) in [6, 6.07) is -4.05. The number of carbonyl (C=O) groups excluding carboxylic acids is 3. The Morgan fingerprint density at radius 2 is 1.85 bits per heavy atom. The van der Waals surface area contributed by atoms with Gasteiger partial charge in [0.05, 0.1) is 12.6 Å². The third kappa shape index (κ3) is 6.08. The van der Waals surface area contributed by atoms with Gasteiger partial charge in [-0.1, -0.05) is 13.8 Å². The molecule has 3 amide bonds. The molecular formula is C16H28N4O6S. The van der Waals surface area contributed by atoms with Crippen molar-refractivity contribution < 1.29 is 29.4 Å². The first kappa shape index (κ1) is 23.2. The molecule has 1 fully saturated rings. The van der Waals surface area contributed by atoms with E-state index >= 15 is 0 Å². The summed E-state index contributed by atoms with van der Waals surface area (Å²) in [5.74, 6) is -3.19. The SMILES string of the molecule is CC(C)C(N)C(=O)N1CCCC1C(=O)NC(CS)C(=O)NC(CO)C(=O)O. The zero-order chi connectivity index (χ0) is 20.7. The van der Waals surface area contributed by atoms with Crippen LogP contribution in [0.15, 0.2) is 0 Å². The summed E-state index contributed by atoms with van der Waals surface area (Å²) in [5.41, 5.74) is 5.90. The lowest BCUT2D eigenvalue weighted by Gasteiger charge is -2.29. The summed E-state index contributed by atoms with van der Waals surface area (Å²) < 4.78 is 0. The van der Waals surface area contributed by atoms with Crippen molar-refractivity contribution in [2.24, 2.45) is 11.7 Å². The van der Waals surface area contributed by atoms with E-state index in [4.69, 9.17) is 15.9 Å². The third-order valence-electron chi connectivity index (χ3n) is 4.45. The van der Waals surface area contributed by atoms with Gasteiger partial charge in [-0.2, -0.15) is 12.6 Å². The van der Waals surface area contributed by atoms with E-state index < -0.39 is 48.6 Å². The van der Waals surface area contributed by atoms with Crippen LogP contribution in [0.25, 0.3) is 0 Å². The number of carboxylic acids is 1. The zero-order valence-electron chi connectivity index (χ0n) is 15.4. The van der Waals surface area contributed by atoms with Gasteiger partial charge in [0.15, 0.2) is 0 Å². The fraction of sp³-hybridized carbons (Fsp3) is 0.750. The maximum Gasteiger partial charge on any atom is 0.328 e. The number of aliphatic carboxylic acids is 1. The number of hydrogen-bond acceptors (Lipinski definition) is 7. The van der Waals surface area contributed by atoms with Crippen molar-refractivity contribution >= 4 is 36.3 Å². The molecule has 1 aliphatic rings. The van der Waals surface area contributed by atoms with Crippen LogP contribution in [0.4, 0.5) is 0 Å². The molecule has 6 N–H and O–H groups in total. The third-order valence-corrected chi connectivity index (χ3v) is 4.82. The van der Waals surface area contributed by atoms with E-state index in [0.717, 1.165) is 0 Å². The smallest absolute Gasteiger partial charge is 0.328 e. The summed E-state index contributed by atoms with van der Waals surface area (Å²) in [5, 5.41) is 22.5. The lowest BCUT2D eigenvalue weighted by Crippen LogP contribution is -2.58. The lowest BCUT2D eigenvalue weighted by atomic mass is 10.0. The maximum atomic E-state index is 12.6. The molecule has 10 nitrogen and oxygen atoms in total. The van der Waals surface area contributed by atoms with Crippen LogP contribution in [0.5, 0.6) is 0 Å². The molecule has 1 saturated heterocycles. The Morgan fingerprint density at radius 3 is 2.33 bits per heavy atom. The van der Waals surface area contributed by atoms with Crippen LogP contribution in [0.2, 0.25) is 0 Å². The van der Waals surface area contributed by atoms with Crippen LogP contribution in [-0.2, 0) is 19.2 Å². The van der Waals surface area contributed by atoms with E-state index in [1.54, 1.807) is 0 Å². The molecule has 1 rings (SSSR count). The van der Waals surface area contributed by atoms with Gasteiger partial charge in [0.2, 0.25) is 17.7 Å². The van der Waals surface area contributed by atoms with Gasteiger partial charge in [-0.3, -0.25) is 14.4 Å². The topological polar surface area (TPSA) is 162 Å². The molecule has 0 aromatic heterocycles. The number of nitrogens with one attached hydrogen (secondary N) is 2. The predicted molar refractivity (Wildman–Crippen MR) is 100.0 cm³/mol. The minimum Gasteiger partial charge on any atom is -0.480 e. The normalized spacial score (nSPS) is 20.1. The molecule has 0 spiro atoms. The second-order valence-corrected chi connectivity index (χ2v) is 7.15. The molecule has 154 valence electrons. The Kier molecular flexibility index (Phi) is 9.00. The fourth-order valence-corrected chi connectivity index (χ4v) is 2.96. The van der Waals surface area contributed by atoms with Crippen LogP contribution in [0.3, 0.4) is 0 Å². The first-order chi connectivity index (χ1) is 12.6. The molecule has 0 radical (unpaired) electrons. The monoisotopic (exact) mass is 404 g/mol. The van der Waals surface area contributed by atoms with Gasteiger partial charge >= 0.3 is 5.97 Å². The van der Waals surface area contributed by atoms with E-state index in [1.165, 1.54) is 4.90 Å². The predicted octanol–water partition coefficient (Wildman–Crippen LogP) is -2.06. The number of carboxylic acid groups (broad SMARTS) is 1. The molecule has 0 aromatic rings. The van der Waals surface area contributed by atoms with E-state index in [1.807, 2.05) is 13.8 Å². The highest BCUT2D eigenvalue weighted by atomic mass is 32.1. The second kappa shape index (κ2) is 10.5. The van der Waals surface area contributed by atoms with Crippen LogP contribution >= 0.6 is 12.6 Å². The zero-order valence-corrected chi connectivity index (χ0v) is 16.3. The first-order valence-corrected chi connectivity index (χ1v) is 9.38. The highest BCUT2D eigenvalue weighted by Gasteiger charge is 2.38. The fourth-order valence-electron chi connectivity index (χ4n) is 2.70. The number of thiol groups is 1. The van der Waals surface area contributed by atoms with Crippen molar-refractivity contribution in [3.05, 3.63) is 0 Å². The van der Waals surface area contributed by atoms with Crippen molar-refractivity contribution in [3.63, 3.8) is 0 Å². The van der Waals surface area contributed by atoms with Gasteiger partial charge in [-0.25, -0.2) is 4.79 Å². The quantitative estimate of drug-likeness (QED) is 0.241. The minimum absolute atomic E-state index is 0.0794. The average Bonchev–Trinajstić information content (AvgIpc) is 3.11. The summed E-state index contributed by atoms with van der Waals surface area (Å²) in [6.07, 6.45) is 1.08. The van der Waals surface area contributed by atoms with Gasteiger partial charge in [0.1, 0.15) is 18.1 Å². The molecule has 4 unspecified atom stereocenters. The number of hydrogen-bond donors (Lipinski definition) is 6. The molecule has 0 aromatic carbocycles. The van der Waals surface area contributed by atoms with Crippen molar-refractivity contribution in [1.29, 1.82) is 0 Å². The Balaban J connectivity index is 2.77. The number of amides is 3. The van der Waals surface area contributed by atoms with Crippen LogP contribution in [0, 0.1) is 5.92 Å². The van der Waals surface area contributed by atoms with Crippen LogP contribution in [-0.4, -0.2) is 81.9 Å². The number of aliphatic hydroxyl groups excluding tert-OH is 1. The number of aliphatic hydroxyl groups is 1. The molecule has 4 atom stereocenters. The Labute approximate surface area is 163 Å². The van der Waals surface area contributed by atoms with E-state index in [0.29, 0.717) is 19.4 Å². The van der Waals surface area contributed by atoms with Crippen molar-refractivity contribution in [2.75, 3.05) is 18.9 Å². The number of carbonyl (C=O) groups is 4. The molecule has 0 aliphatic carbocycles. The molecule has 0 saturated carbocycles. The molecular weight excluding hydrogens is 376 g/mol. The van der Waals surface area contributed by atoms with Gasteiger partial charge < -0.3 is 31.5 Å². The van der Waals surface area contributed by atoms with Crippen LogP contribution in [0.1, 0.15) is 26.7 Å². The minimum atomic E-state index is -1.48. The second-order valence-electron chi connectivity index (χ2n) is 6.79. The van der Waals surface area contributed by atoms with E-state index in [9.17, 15) is 19.2 Å². The average molecular weight is 404 g/mol. The van der Waals surface area contributed by atoms with Gasteiger partial charge in [-0.05, 0) is 18.8 Å². The molecule has 27 heavy (non-hydrogen) atoms. The molecule has 11 heteroatoms. The van der Waals surface area contributed by atoms with Gasteiger partial charge in [-0.15, -0.1) is 0 Å². The molecule has 1 heterocycles. The van der Waals surface area contributed by atoms with Crippen molar-refractivity contribution in [3.8, 4) is 0 Å². The Morgan fingerprint density at radius 1 is 1.22 bits per heavy atom. The number of nitrogens with zero attached hydrogens (tertiary/aromatic N) is 1. The summed E-state index contributed by atoms with van der Waals surface area (Å²) in [4.78, 5) is 49.6. The van der Waals surface area contributed by atoms with Crippen molar-refractivity contribution in [1.82, 2.24) is 15.5 Å². The molecule has 0 bridgehead atoms. The lowest BCUT2D eigenvalue weighted by molar-refractivity contribution is -0.144. The molecule has 1 aliphatic heterocycles. The Hall–Kier alpha value is -1.85. The van der Waals surface area contributed by atoms with Crippen molar-refractivity contribution in [2.45, 2.75) is 50.9 Å². The van der Waals surface area contributed by atoms with Crippen LogP contribution < -0.4 is 16.4 Å². The van der Waals surface area contributed by atoms with Gasteiger partial charge in [0.25, 0.3) is 0 Å². The Bertz CT molecular complexity index is 573. The highest BCUT2D eigenvalue weighted by Crippen LogP contribution is 2.20. The van der Waals surface area contributed by atoms with E-state index in [2.05, 4.69) is 23.3 Å². The number of rotatable bonds is 9. The number of likely N-dealkylation sites (tertiary alicyclic amines) is 1.